The van der Waals surface area contributed by atoms with E-state index >= 15 is 0 Å². The monoisotopic (exact) mass is 275 g/mol. The third-order valence-corrected chi connectivity index (χ3v) is 0. The van der Waals surface area contributed by atoms with Gasteiger partial charge >= 0.3 is 0 Å². The fourth-order valence-corrected chi connectivity index (χ4v) is 0. The third kappa shape index (κ3) is 467. The van der Waals surface area contributed by atoms with Crippen LogP contribution in [0, 0.1) is 0 Å². The molecule has 0 rings (SSSR count). The average Bonchev–Trinajstić information content (AvgIpc) is 1.76. The van der Waals surface area contributed by atoms with Crippen molar-refractivity contribution in [2.45, 2.75) is 27.7 Å². The number of aliphatic carboxylic acids is 4. The molecule has 0 fully saturated rings. The molecule has 0 spiro atoms. The molecule has 0 saturated heterocycles. The van der Waals surface area contributed by atoms with E-state index in [1.807, 2.05) is 0 Å². The van der Waals surface area contributed by atoms with Gasteiger partial charge in [0.2, 0.25) is 0 Å². The maximum absolute atomic E-state index is 9.00. The van der Waals surface area contributed by atoms with Crippen LogP contribution in [0.25, 0.3) is 0 Å². The Bertz CT molecular complexity index is 163. The molecule has 0 unspecified atom stereocenters. The lowest BCUT2D eigenvalue weighted by atomic mass is 10.9. The van der Waals surface area contributed by atoms with E-state index in [2.05, 4.69) is 0 Å². The van der Waals surface area contributed by atoms with E-state index in [9.17, 15) is 0 Å². The van der Waals surface area contributed by atoms with Gasteiger partial charge in [-0.05, 0) is 0 Å². The summed E-state index contributed by atoms with van der Waals surface area (Å²) in [5.74, 6) is -3.33. The van der Waals surface area contributed by atoms with Crippen molar-refractivity contribution in [3.63, 3.8) is 0 Å². The molecule has 0 radical (unpaired) electrons. The first-order valence-corrected chi connectivity index (χ1v) is 3.71. The SMILES string of the molecule is CC(=O)O.CC(=O)O.CC(=O)O.CC(=O)O.N.O. The van der Waals surface area contributed by atoms with Crippen molar-refractivity contribution in [1.82, 2.24) is 6.15 Å². The van der Waals surface area contributed by atoms with E-state index in [-0.39, 0.29) is 11.6 Å². The van der Waals surface area contributed by atoms with Crippen molar-refractivity contribution >= 4 is 23.9 Å². The molecule has 18 heavy (non-hydrogen) atoms. The molecule has 0 aromatic rings. The number of hydrogen-bond donors (Lipinski definition) is 5. The predicted molar refractivity (Wildman–Crippen MR) is 61.9 cm³/mol. The summed E-state index contributed by atoms with van der Waals surface area (Å²) in [4.78, 5) is 36.0. The highest BCUT2D eigenvalue weighted by molar-refractivity contribution is 5.63. The predicted octanol–water partition coefficient (Wildman–Crippen LogP) is -0.299. The zero-order valence-electron chi connectivity index (χ0n) is 10.6. The van der Waals surface area contributed by atoms with Gasteiger partial charge < -0.3 is 32.1 Å². The van der Waals surface area contributed by atoms with Gasteiger partial charge in [-0.25, -0.2) is 0 Å². The molecule has 0 saturated carbocycles. The molecule has 0 amide bonds. The van der Waals surface area contributed by atoms with Gasteiger partial charge in [-0.3, -0.25) is 19.2 Å². The Morgan fingerprint density at radius 1 is 0.556 bits per heavy atom. The fourth-order valence-electron chi connectivity index (χ4n) is 0. The zero-order chi connectivity index (χ0) is 14.3. The lowest BCUT2D eigenvalue weighted by Crippen LogP contribution is -1.78. The Morgan fingerprint density at radius 2 is 0.556 bits per heavy atom. The van der Waals surface area contributed by atoms with Crippen molar-refractivity contribution in [3.05, 3.63) is 0 Å². The number of carbonyl (C=O) groups is 4. The normalized spacial score (nSPS) is 5.56. The minimum Gasteiger partial charge on any atom is -0.481 e. The van der Waals surface area contributed by atoms with Crippen LogP contribution in [0.3, 0.4) is 0 Å². The molecule has 0 heterocycles. The Hall–Kier alpha value is -2.20. The van der Waals surface area contributed by atoms with Crippen molar-refractivity contribution in [1.29, 1.82) is 0 Å². The summed E-state index contributed by atoms with van der Waals surface area (Å²) in [5, 5.41) is 29.7. The van der Waals surface area contributed by atoms with Crippen LogP contribution in [-0.2, 0) is 19.2 Å². The molecule has 0 aromatic heterocycles. The average molecular weight is 275 g/mol. The molecule has 0 aliphatic carbocycles. The fraction of sp³-hybridized carbons (Fsp3) is 0.500. The number of hydrogen-bond acceptors (Lipinski definition) is 5. The van der Waals surface area contributed by atoms with Gasteiger partial charge in [-0.15, -0.1) is 0 Å². The largest absolute Gasteiger partial charge is 0.481 e. The number of carboxylic acids is 4. The summed E-state index contributed by atoms with van der Waals surface area (Å²) in [6.07, 6.45) is 0. The highest BCUT2D eigenvalue weighted by Crippen LogP contribution is 1.43. The van der Waals surface area contributed by atoms with Crippen molar-refractivity contribution in [3.8, 4) is 0 Å². The van der Waals surface area contributed by atoms with Crippen LogP contribution in [0.15, 0.2) is 0 Å². The quantitative estimate of drug-likeness (QED) is 0.391. The molecule has 0 atom stereocenters. The van der Waals surface area contributed by atoms with E-state index in [0.29, 0.717) is 0 Å². The summed E-state index contributed by atoms with van der Waals surface area (Å²) in [5.41, 5.74) is 0. The van der Waals surface area contributed by atoms with Gasteiger partial charge in [-0.1, -0.05) is 0 Å². The smallest absolute Gasteiger partial charge is 0.300 e. The molecule has 9 N–H and O–H groups in total. The maximum atomic E-state index is 9.00. The van der Waals surface area contributed by atoms with E-state index in [4.69, 9.17) is 39.6 Å². The second-order valence-corrected chi connectivity index (χ2v) is 2.08. The lowest BCUT2D eigenvalue weighted by molar-refractivity contribution is -0.135. The first-order chi connectivity index (χ1) is 6.93. The van der Waals surface area contributed by atoms with Crippen LogP contribution < -0.4 is 6.15 Å². The molecular weight excluding hydrogens is 254 g/mol. The van der Waals surface area contributed by atoms with Crippen LogP contribution in [0.1, 0.15) is 27.7 Å². The molecule has 10 nitrogen and oxygen atoms in total. The van der Waals surface area contributed by atoms with E-state index in [1.165, 1.54) is 0 Å². The number of carboxylic acid groups (broad SMARTS) is 4. The summed E-state index contributed by atoms with van der Waals surface area (Å²) in [6, 6.07) is 0. The Morgan fingerprint density at radius 3 is 0.556 bits per heavy atom. The molecular formula is C8H21NO9. The highest BCUT2D eigenvalue weighted by atomic mass is 16.4. The molecule has 0 aliphatic rings. The van der Waals surface area contributed by atoms with Crippen LogP contribution >= 0.6 is 0 Å². The standard InChI is InChI=1S/4C2H4O2.H3N.H2O/c4*1-2(3)4;;/h4*1H3,(H,3,4);1H3;1H2. The van der Waals surface area contributed by atoms with Gasteiger partial charge in [-0.2, -0.15) is 0 Å². The van der Waals surface area contributed by atoms with E-state index < -0.39 is 23.9 Å². The second-order valence-electron chi connectivity index (χ2n) is 2.08. The highest BCUT2D eigenvalue weighted by Gasteiger charge is 1.66. The van der Waals surface area contributed by atoms with Crippen LogP contribution in [0.2, 0.25) is 0 Å². The number of rotatable bonds is 0. The molecule has 10 heteroatoms. The topological polar surface area (TPSA) is 216 Å². The Kier molecular flexibility index (Phi) is 58.8. The van der Waals surface area contributed by atoms with Gasteiger partial charge in [0, 0.05) is 27.7 Å². The van der Waals surface area contributed by atoms with Crippen LogP contribution in [-0.4, -0.2) is 49.8 Å². The first kappa shape index (κ1) is 36.0. The maximum Gasteiger partial charge on any atom is 0.300 e. The summed E-state index contributed by atoms with van der Waals surface area (Å²) in [7, 11) is 0. The van der Waals surface area contributed by atoms with Gasteiger partial charge in [0.15, 0.2) is 0 Å². The van der Waals surface area contributed by atoms with Crippen LogP contribution in [0.5, 0.6) is 0 Å². The summed E-state index contributed by atoms with van der Waals surface area (Å²) in [6.45, 7) is 4.33. The zero-order valence-corrected chi connectivity index (χ0v) is 10.6. The molecule has 112 valence electrons. The molecule has 0 aliphatic heterocycles. The van der Waals surface area contributed by atoms with E-state index in [0.717, 1.165) is 27.7 Å². The van der Waals surface area contributed by atoms with Gasteiger partial charge in [0.1, 0.15) is 0 Å². The van der Waals surface area contributed by atoms with E-state index in [1.54, 1.807) is 0 Å². The minimum absolute atomic E-state index is 0. The third-order valence-electron chi connectivity index (χ3n) is 0. The Balaban J connectivity index is -0.0000000257. The van der Waals surface area contributed by atoms with Crippen molar-refractivity contribution in [2.24, 2.45) is 0 Å². The van der Waals surface area contributed by atoms with Crippen molar-refractivity contribution in [2.75, 3.05) is 0 Å². The molecule has 0 aromatic carbocycles. The van der Waals surface area contributed by atoms with Crippen LogP contribution in [0.4, 0.5) is 0 Å². The Labute approximate surface area is 104 Å². The van der Waals surface area contributed by atoms with Gasteiger partial charge in [0.05, 0.1) is 0 Å². The summed E-state index contributed by atoms with van der Waals surface area (Å²) < 4.78 is 0. The second kappa shape index (κ2) is 29.3. The lowest BCUT2D eigenvalue weighted by Gasteiger charge is -1.59. The minimum atomic E-state index is -0.833. The first-order valence-electron chi connectivity index (χ1n) is 3.71. The molecule has 0 bridgehead atoms. The van der Waals surface area contributed by atoms with Gasteiger partial charge in [0.25, 0.3) is 23.9 Å². The van der Waals surface area contributed by atoms with Crippen molar-refractivity contribution < 1.29 is 45.1 Å². The summed E-state index contributed by atoms with van der Waals surface area (Å²) >= 11 is 0.